The number of carbonyl (C=O) groups excluding carboxylic acids is 2. The number of carbonyl (C=O) groups is 2. The summed E-state index contributed by atoms with van der Waals surface area (Å²) in [4.78, 5) is 27.5. The normalized spacial score (nSPS) is 16.9. The van der Waals surface area contributed by atoms with Gasteiger partial charge in [-0.15, -0.1) is 0 Å². The van der Waals surface area contributed by atoms with Gasteiger partial charge in [0.05, 0.1) is 19.3 Å². The van der Waals surface area contributed by atoms with Gasteiger partial charge in [0.25, 0.3) is 11.5 Å². The summed E-state index contributed by atoms with van der Waals surface area (Å²) < 4.78 is 90.6. The molecule has 0 saturated carbocycles. The number of hydrogen-bond donors (Lipinski definition) is 1. The molecule has 2 aliphatic rings. The van der Waals surface area contributed by atoms with E-state index in [2.05, 4.69) is 15.2 Å². The lowest BCUT2D eigenvalue weighted by molar-refractivity contribution is -0.292. The number of hydrogen-bond acceptors (Lipinski definition) is 5. The minimum Gasteiger partial charge on any atom is -0.493 e. The minimum absolute atomic E-state index is 0.00681. The standard InChI is InChI=1S/C36H34F6N4O4/c1-22-8-3-14-30(23(22)2)49-17-7-15-31(47)46-16-6-12-28-27(11-5-13-29(28)46)25-19-43-45(21-25)20-24-9-4-10-26(18-24)44-33(48)32-34(50-32,35(37,38)39)36(40,41)42/h3-5,8-11,13-14,18-19,21,32H,6-7,12,15-17,20H2,1-2H3,(H,44,48). The van der Waals surface area contributed by atoms with Crippen LogP contribution in [-0.4, -0.2) is 58.8 Å². The fraction of sp³-hybridized carbons (Fsp3) is 0.361. The topological polar surface area (TPSA) is 89.0 Å². The maximum atomic E-state index is 13.3. The number of amides is 2. The van der Waals surface area contributed by atoms with Gasteiger partial charge in [0.1, 0.15) is 5.75 Å². The van der Waals surface area contributed by atoms with Crippen molar-refractivity contribution in [1.29, 1.82) is 0 Å². The monoisotopic (exact) mass is 700 g/mol. The van der Waals surface area contributed by atoms with E-state index in [1.807, 2.05) is 61.3 Å². The number of aromatic nitrogens is 2. The highest BCUT2D eigenvalue weighted by atomic mass is 19.4. The van der Waals surface area contributed by atoms with Gasteiger partial charge in [-0.05, 0) is 85.2 Å². The third-order valence-electron chi connectivity index (χ3n) is 9.08. The van der Waals surface area contributed by atoms with Gasteiger partial charge in [0.15, 0.2) is 6.10 Å². The molecule has 0 aliphatic carbocycles. The number of ether oxygens (including phenoxy) is 2. The maximum Gasteiger partial charge on any atom is 0.429 e. The van der Waals surface area contributed by atoms with Crippen molar-refractivity contribution in [2.45, 2.75) is 70.1 Å². The summed E-state index contributed by atoms with van der Waals surface area (Å²) in [6.45, 7) is 5.27. The van der Waals surface area contributed by atoms with Crippen molar-refractivity contribution in [3.63, 3.8) is 0 Å². The number of nitrogens with zero attached hydrogens (tertiary/aromatic N) is 3. The third kappa shape index (κ3) is 6.80. The highest BCUT2D eigenvalue weighted by molar-refractivity contribution is 5.97. The van der Waals surface area contributed by atoms with Crippen molar-refractivity contribution >= 4 is 23.2 Å². The van der Waals surface area contributed by atoms with Crippen LogP contribution in [0.5, 0.6) is 5.75 Å². The summed E-state index contributed by atoms with van der Waals surface area (Å²) in [5.41, 5.74) is 1.90. The van der Waals surface area contributed by atoms with Crippen molar-refractivity contribution in [2.75, 3.05) is 23.4 Å². The summed E-state index contributed by atoms with van der Waals surface area (Å²) in [6.07, 6.45) is -8.39. The molecule has 2 amide bonds. The first-order valence-electron chi connectivity index (χ1n) is 16.0. The van der Waals surface area contributed by atoms with Crippen LogP contribution < -0.4 is 15.0 Å². The summed E-state index contributed by atoms with van der Waals surface area (Å²) in [5, 5.41) is 6.55. The average Bonchev–Trinajstić information content (AvgIpc) is 3.72. The molecule has 4 aromatic rings. The van der Waals surface area contributed by atoms with Crippen molar-refractivity contribution in [3.8, 4) is 16.9 Å². The van der Waals surface area contributed by atoms with Crippen molar-refractivity contribution in [1.82, 2.24) is 9.78 Å². The second kappa shape index (κ2) is 13.5. The molecule has 264 valence electrons. The molecule has 3 heterocycles. The fourth-order valence-corrected chi connectivity index (χ4v) is 6.29. The molecule has 2 aliphatic heterocycles. The zero-order valence-corrected chi connectivity index (χ0v) is 27.2. The van der Waals surface area contributed by atoms with E-state index >= 15 is 0 Å². The molecule has 0 radical (unpaired) electrons. The molecule has 6 rings (SSSR count). The van der Waals surface area contributed by atoms with E-state index in [4.69, 9.17) is 4.74 Å². The highest BCUT2D eigenvalue weighted by Gasteiger charge is 2.88. The van der Waals surface area contributed by atoms with Gasteiger partial charge in [-0.3, -0.25) is 14.3 Å². The van der Waals surface area contributed by atoms with Crippen LogP contribution >= 0.6 is 0 Å². The number of halogens is 6. The van der Waals surface area contributed by atoms with Crippen LogP contribution in [0.25, 0.3) is 11.1 Å². The number of nitrogens with one attached hydrogen (secondary N) is 1. The molecule has 1 N–H and O–H groups in total. The summed E-state index contributed by atoms with van der Waals surface area (Å²) in [5.74, 6) is -0.713. The zero-order chi connectivity index (χ0) is 35.8. The Balaban J connectivity index is 1.09. The summed E-state index contributed by atoms with van der Waals surface area (Å²) in [6, 6.07) is 17.7. The SMILES string of the molecule is Cc1cccc(OCCCC(=O)N2CCCc3c(-c4cnn(Cc5cccc(NC(=O)C6OC6(C(F)(F)F)C(F)(F)F)c5)c4)cccc32)c1C. The number of rotatable bonds is 10. The molecule has 50 heavy (non-hydrogen) atoms. The molecular weight excluding hydrogens is 666 g/mol. The largest absolute Gasteiger partial charge is 0.493 e. The van der Waals surface area contributed by atoms with Gasteiger partial charge >= 0.3 is 12.4 Å². The van der Waals surface area contributed by atoms with Crippen molar-refractivity contribution in [2.24, 2.45) is 0 Å². The highest BCUT2D eigenvalue weighted by Crippen LogP contribution is 2.59. The van der Waals surface area contributed by atoms with Crippen molar-refractivity contribution < 1.29 is 45.4 Å². The number of epoxide rings is 1. The van der Waals surface area contributed by atoms with Crippen LogP contribution in [0, 0.1) is 13.8 Å². The molecule has 1 fully saturated rings. The molecule has 1 aromatic heterocycles. The van der Waals surface area contributed by atoms with E-state index in [1.165, 1.54) is 18.2 Å². The first-order chi connectivity index (χ1) is 23.7. The molecule has 1 unspecified atom stereocenters. The summed E-state index contributed by atoms with van der Waals surface area (Å²) >= 11 is 0. The fourth-order valence-electron chi connectivity index (χ4n) is 6.29. The predicted octanol–water partition coefficient (Wildman–Crippen LogP) is 7.55. The molecule has 14 heteroatoms. The lowest BCUT2D eigenvalue weighted by Gasteiger charge is -2.31. The number of aryl methyl sites for hydroxylation is 1. The quantitative estimate of drug-likeness (QED) is 0.105. The van der Waals surface area contributed by atoms with Crippen LogP contribution in [0.2, 0.25) is 0 Å². The Bertz CT molecular complexity index is 1890. The van der Waals surface area contributed by atoms with Crippen LogP contribution in [0.15, 0.2) is 73.1 Å². The molecule has 1 atom stereocenters. The second-order valence-corrected chi connectivity index (χ2v) is 12.4. The van der Waals surface area contributed by atoms with Crippen LogP contribution in [-0.2, 0) is 27.3 Å². The molecular formula is C36H34F6N4O4. The zero-order valence-electron chi connectivity index (χ0n) is 27.2. The van der Waals surface area contributed by atoms with Gasteiger partial charge < -0.3 is 19.7 Å². The van der Waals surface area contributed by atoms with E-state index in [9.17, 15) is 35.9 Å². The molecule has 1 saturated heterocycles. The Hall–Kier alpha value is -4.85. The number of fused-ring (bicyclic) bond motifs is 1. The Morgan fingerprint density at radius 2 is 1.76 bits per heavy atom. The van der Waals surface area contributed by atoms with Gasteiger partial charge in [-0.25, -0.2) is 0 Å². The summed E-state index contributed by atoms with van der Waals surface area (Å²) in [7, 11) is 0. The van der Waals surface area contributed by atoms with Crippen LogP contribution in [0.3, 0.4) is 0 Å². The van der Waals surface area contributed by atoms with Gasteiger partial charge in [-0.2, -0.15) is 31.4 Å². The molecule has 8 nitrogen and oxygen atoms in total. The van der Waals surface area contributed by atoms with Crippen LogP contribution in [0.4, 0.5) is 37.7 Å². The number of alkyl halides is 6. The Labute approximate surface area is 284 Å². The van der Waals surface area contributed by atoms with E-state index < -0.39 is 30.0 Å². The van der Waals surface area contributed by atoms with E-state index in [-0.39, 0.29) is 18.1 Å². The minimum atomic E-state index is -5.81. The van der Waals surface area contributed by atoms with Gasteiger partial charge in [0.2, 0.25) is 5.91 Å². The van der Waals surface area contributed by atoms with Gasteiger partial charge in [-0.1, -0.05) is 36.4 Å². The number of benzene rings is 3. The molecule has 0 spiro atoms. The van der Waals surface area contributed by atoms with E-state index in [0.717, 1.165) is 52.1 Å². The Morgan fingerprint density at radius 1 is 1.02 bits per heavy atom. The van der Waals surface area contributed by atoms with Crippen LogP contribution in [0.1, 0.15) is 41.5 Å². The average molecular weight is 701 g/mol. The maximum absolute atomic E-state index is 13.3. The van der Waals surface area contributed by atoms with Gasteiger partial charge in [0, 0.05) is 36.1 Å². The first-order valence-corrected chi connectivity index (χ1v) is 16.0. The third-order valence-corrected chi connectivity index (χ3v) is 9.08. The second-order valence-electron chi connectivity index (χ2n) is 12.4. The van der Waals surface area contributed by atoms with Crippen molar-refractivity contribution in [3.05, 3.63) is 95.3 Å². The Morgan fingerprint density at radius 3 is 2.50 bits per heavy atom. The lowest BCUT2D eigenvalue weighted by atomic mass is 9.93. The molecule has 3 aromatic carbocycles. The lowest BCUT2D eigenvalue weighted by Crippen LogP contribution is -2.50. The smallest absolute Gasteiger partial charge is 0.429 e. The van der Waals surface area contributed by atoms with E-state index in [0.29, 0.717) is 31.6 Å². The Kier molecular flexibility index (Phi) is 9.42. The van der Waals surface area contributed by atoms with E-state index in [1.54, 1.807) is 16.9 Å². The first kappa shape index (κ1) is 35.0. The predicted molar refractivity (Wildman–Crippen MR) is 173 cm³/mol. The molecule has 0 bridgehead atoms. The number of anilines is 2.